The minimum absolute atomic E-state index is 0.124. The van der Waals surface area contributed by atoms with Crippen LogP contribution >= 0.6 is 11.6 Å². The predicted octanol–water partition coefficient (Wildman–Crippen LogP) is 6.11. The third-order valence-electron chi connectivity index (χ3n) is 6.39. The van der Waals surface area contributed by atoms with Gasteiger partial charge in [-0.1, -0.05) is 48.4 Å². The van der Waals surface area contributed by atoms with Crippen molar-refractivity contribution in [2.24, 2.45) is 5.92 Å². The van der Waals surface area contributed by atoms with Crippen LogP contribution in [0.5, 0.6) is 5.88 Å². The lowest BCUT2D eigenvalue weighted by Gasteiger charge is -2.31. The molecule has 186 valence electrons. The number of piperidine rings is 1. The second-order valence-electron chi connectivity index (χ2n) is 9.60. The Labute approximate surface area is 210 Å². The van der Waals surface area contributed by atoms with Crippen LogP contribution in [-0.4, -0.2) is 53.0 Å². The summed E-state index contributed by atoms with van der Waals surface area (Å²) in [6.07, 6.45) is 15.8. The number of ether oxygens (including phenoxy) is 1. The first-order valence-electron chi connectivity index (χ1n) is 12.7. The van der Waals surface area contributed by atoms with E-state index in [9.17, 15) is 4.79 Å². The van der Waals surface area contributed by atoms with Gasteiger partial charge in [0.15, 0.2) is 0 Å². The fraction of sp³-hybridized carbons (Fsp3) is 0.571. The van der Waals surface area contributed by atoms with E-state index >= 15 is 0 Å². The summed E-state index contributed by atoms with van der Waals surface area (Å²) >= 11 is 5.98. The zero-order chi connectivity index (χ0) is 24.3. The number of hydrogen-bond donors (Lipinski definition) is 0. The van der Waals surface area contributed by atoms with Crippen molar-refractivity contribution in [2.45, 2.75) is 71.9 Å². The van der Waals surface area contributed by atoms with E-state index in [1.807, 2.05) is 61.4 Å². The molecular weight excluding hydrogens is 446 g/mol. The van der Waals surface area contributed by atoms with E-state index in [1.165, 1.54) is 19.4 Å². The first kappa shape index (κ1) is 26.5. The summed E-state index contributed by atoms with van der Waals surface area (Å²) in [5.41, 5.74) is 2.03. The molecule has 0 radical (unpaired) electrons. The Hall–Kier alpha value is -2.11. The van der Waals surface area contributed by atoms with E-state index in [4.69, 9.17) is 16.3 Å². The molecular formula is C28H40ClN3O2. The van der Waals surface area contributed by atoms with Crippen LogP contribution in [0.1, 0.15) is 64.9 Å². The fourth-order valence-electron chi connectivity index (χ4n) is 4.21. The number of hydrogen-bond acceptors (Lipinski definition) is 4. The number of carbonyl (C=O) groups excluding carboxylic acids is 1. The van der Waals surface area contributed by atoms with Crippen molar-refractivity contribution in [3.8, 4) is 5.88 Å². The molecule has 2 fully saturated rings. The number of rotatable bonds is 12. The lowest BCUT2D eigenvalue weighted by Crippen LogP contribution is -2.39. The van der Waals surface area contributed by atoms with Crippen LogP contribution < -0.4 is 4.74 Å². The Morgan fingerprint density at radius 2 is 2.03 bits per heavy atom. The van der Waals surface area contributed by atoms with Gasteiger partial charge >= 0.3 is 0 Å². The minimum atomic E-state index is 0.124. The largest absolute Gasteiger partial charge is 0.474 e. The molecule has 2 heterocycles. The quantitative estimate of drug-likeness (QED) is 0.335. The minimum Gasteiger partial charge on any atom is -0.474 e. The molecule has 3 rings (SSSR count). The summed E-state index contributed by atoms with van der Waals surface area (Å²) in [6, 6.07) is 3.98. The number of likely N-dealkylation sites (tertiary alicyclic amines) is 1. The molecule has 0 bridgehead atoms. The van der Waals surface area contributed by atoms with Gasteiger partial charge in [-0.25, -0.2) is 4.98 Å². The third-order valence-corrected chi connectivity index (χ3v) is 6.74. The van der Waals surface area contributed by atoms with E-state index in [-0.39, 0.29) is 12.0 Å². The summed E-state index contributed by atoms with van der Waals surface area (Å²) in [5.74, 6) is 1.76. The van der Waals surface area contributed by atoms with Crippen molar-refractivity contribution < 1.29 is 9.53 Å². The van der Waals surface area contributed by atoms with Crippen LogP contribution in [0.25, 0.3) is 0 Å². The summed E-state index contributed by atoms with van der Waals surface area (Å²) in [5, 5.41) is 0.682. The monoisotopic (exact) mass is 485 g/mol. The van der Waals surface area contributed by atoms with Crippen molar-refractivity contribution in [1.29, 1.82) is 0 Å². The first-order chi connectivity index (χ1) is 16.5. The standard InChI is InChI=1S/C28H40ClN3O2/c1-4-15-32(28(33)18-22(3)7-6-8-25(29)5-2)21-24-11-12-27(30-19-24)34-26-13-16-31(17-14-26)20-23-9-10-23/h5-8,11-12,19,23,26H,4,9-10,13-18,20-21H2,1-3H3/b8-6-,22-7-,25-5-. The topological polar surface area (TPSA) is 45.7 Å². The zero-order valence-corrected chi connectivity index (χ0v) is 21.8. The molecule has 34 heavy (non-hydrogen) atoms. The molecule has 2 aliphatic rings. The van der Waals surface area contributed by atoms with Gasteiger partial charge in [-0.15, -0.1) is 0 Å². The number of amides is 1. The molecule has 0 unspecified atom stereocenters. The van der Waals surface area contributed by atoms with Gasteiger partial charge in [-0.3, -0.25) is 4.79 Å². The number of carbonyl (C=O) groups is 1. The van der Waals surface area contributed by atoms with Crippen LogP contribution in [-0.2, 0) is 11.3 Å². The van der Waals surface area contributed by atoms with Crippen molar-refractivity contribution in [3.05, 3.63) is 58.8 Å². The highest BCUT2D eigenvalue weighted by atomic mass is 35.5. The SMILES string of the molecule is C/C=C(Cl)/C=C\C=C(\C)CC(=O)N(CCC)Cc1ccc(OC2CCN(CC3CC3)CC2)nc1. The van der Waals surface area contributed by atoms with E-state index in [2.05, 4.69) is 16.8 Å². The highest BCUT2D eigenvalue weighted by Gasteiger charge is 2.27. The molecule has 0 atom stereocenters. The van der Waals surface area contributed by atoms with Gasteiger partial charge in [-0.2, -0.15) is 0 Å². The smallest absolute Gasteiger partial charge is 0.226 e. The highest BCUT2D eigenvalue weighted by Crippen LogP contribution is 2.30. The lowest BCUT2D eigenvalue weighted by atomic mass is 10.1. The van der Waals surface area contributed by atoms with Gasteiger partial charge in [0.25, 0.3) is 0 Å². The molecule has 1 aromatic rings. The average Bonchev–Trinajstić information content (AvgIpc) is 3.65. The number of halogens is 1. The molecule has 1 saturated carbocycles. The third kappa shape index (κ3) is 9.27. The molecule has 1 saturated heterocycles. The van der Waals surface area contributed by atoms with Crippen molar-refractivity contribution in [1.82, 2.24) is 14.8 Å². The second kappa shape index (κ2) is 13.7. The van der Waals surface area contributed by atoms with Crippen LogP contribution in [0.3, 0.4) is 0 Å². The van der Waals surface area contributed by atoms with Gasteiger partial charge in [0.05, 0.1) is 0 Å². The maximum atomic E-state index is 12.9. The number of aromatic nitrogens is 1. The van der Waals surface area contributed by atoms with E-state index < -0.39 is 0 Å². The second-order valence-corrected chi connectivity index (χ2v) is 10.0. The summed E-state index contributed by atoms with van der Waals surface area (Å²) in [4.78, 5) is 21.9. The highest BCUT2D eigenvalue weighted by molar-refractivity contribution is 6.31. The van der Waals surface area contributed by atoms with E-state index in [1.54, 1.807) is 0 Å². The van der Waals surface area contributed by atoms with Gasteiger partial charge in [-0.05, 0) is 63.5 Å². The molecule has 0 spiro atoms. The van der Waals surface area contributed by atoms with Gasteiger partial charge in [0.2, 0.25) is 11.8 Å². The number of pyridine rings is 1. The van der Waals surface area contributed by atoms with Gasteiger partial charge in [0, 0.05) is 56.4 Å². The Kier molecular flexibility index (Phi) is 10.7. The zero-order valence-electron chi connectivity index (χ0n) is 21.0. The average molecular weight is 486 g/mol. The molecule has 1 aliphatic carbocycles. The number of allylic oxidation sites excluding steroid dienone is 5. The van der Waals surface area contributed by atoms with Crippen LogP contribution in [0.4, 0.5) is 0 Å². The first-order valence-corrected chi connectivity index (χ1v) is 13.1. The van der Waals surface area contributed by atoms with Crippen LogP contribution in [0, 0.1) is 5.92 Å². The van der Waals surface area contributed by atoms with E-state index in [0.717, 1.165) is 56.0 Å². The maximum Gasteiger partial charge on any atom is 0.226 e. The van der Waals surface area contributed by atoms with Gasteiger partial charge < -0.3 is 14.5 Å². The normalized spacial score (nSPS) is 18.5. The molecule has 0 N–H and O–H groups in total. The summed E-state index contributed by atoms with van der Waals surface area (Å²) in [6.45, 7) is 10.8. The predicted molar refractivity (Wildman–Crippen MR) is 140 cm³/mol. The summed E-state index contributed by atoms with van der Waals surface area (Å²) in [7, 11) is 0. The number of nitrogens with zero attached hydrogens (tertiary/aromatic N) is 3. The molecule has 1 amide bonds. The Morgan fingerprint density at radius 3 is 2.65 bits per heavy atom. The molecule has 1 aromatic heterocycles. The Morgan fingerprint density at radius 1 is 1.26 bits per heavy atom. The van der Waals surface area contributed by atoms with Crippen LogP contribution in [0.2, 0.25) is 0 Å². The maximum absolute atomic E-state index is 12.9. The van der Waals surface area contributed by atoms with Gasteiger partial charge in [0.1, 0.15) is 6.10 Å². The van der Waals surface area contributed by atoms with Crippen molar-refractivity contribution in [2.75, 3.05) is 26.2 Å². The molecule has 6 heteroatoms. The van der Waals surface area contributed by atoms with Crippen LogP contribution in [0.15, 0.2) is 53.2 Å². The Balaban J connectivity index is 1.47. The van der Waals surface area contributed by atoms with Crippen molar-refractivity contribution >= 4 is 17.5 Å². The summed E-state index contributed by atoms with van der Waals surface area (Å²) < 4.78 is 6.15. The molecule has 1 aliphatic heterocycles. The molecule has 5 nitrogen and oxygen atoms in total. The van der Waals surface area contributed by atoms with Crippen molar-refractivity contribution in [3.63, 3.8) is 0 Å². The Bertz CT molecular complexity index is 866. The lowest BCUT2D eigenvalue weighted by molar-refractivity contribution is -0.131. The van der Waals surface area contributed by atoms with E-state index in [0.29, 0.717) is 23.9 Å². The molecule has 0 aromatic carbocycles. The fourth-order valence-corrected chi connectivity index (χ4v) is 4.28.